The molecule has 0 N–H and O–H groups in total. The molecule has 0 saturated carbocycles. The molecule has 5 nitrogen and oxygen atoms in total. The standard InChI is InChI=1S/C24H28O5/c1-4-5-11-22(25)21(23(26)16-28-2)15-17-12-13-19(18-9-7-6-8-10-18)20(14-17)24(27)29-3/h6-10,12-14,21H,4-5,11,15-16H2,1-3H3. The number of hydrogen-bond donors (Lipinski definition) is 0. The van der Waals surface area contributed by atoms with Gasteiger partial charge in [0, 0.05) is 13.5 Å². The summed E-state index contributed by atoms with van der Waals surface area (Å²) in [6.45, 7) is 1.90. The van der Waals surface area contributed by atoms with Crippen molar-refractivity contribution in [3.05, 3.63) is 59.7 Å². The van der Waals surface area contributed by atoms with Crippen molar-refractivity contribution in [1.29, 1.82) is 0 Å². The summed E-state index contributed by atoms with van der Waals surface area (Å²) in [5.41, 5.74) is 2.79. The second-order valence-corrected chi connectivity index (χ2v) is 6.96. The van der Waals surface area contributed by atoms with Crippen molar-refractivity contribution in [3.8, 4) is 11.1 Å². The number of ether oxygens (including phenoxy) is 2. The number of rotatable bonds is 11. The average molecular weight is 396 g/mol. The Labute approximate surface area is 172 Å². The molecule has 0 radical (unpaired) electrons. The van der Waals surface area contributed by atoms with Gasteiger partial charge in [-0.1, -0.05) is 55.8 Å². The van der Waals surface area contributed by atoms with Crippen molar-refractivity contribution in [1.82, 2.24) is 0 Å². The maximum atomic E-state index is 12.6. The Morgan fingerprint density at radius 1 is 0.966 bits per heavy atom. The van der Waals surface area contributed by atoms with E-state index in [2.05, 4.69) is 0 Å². The summed E-state index contributed by atoms with van der Waals surface area (Å²) in [6.07, 6.45) is 2.23. The summed E-state index contributed by atoms with van der Waals surface area (Å²) >= 11 is 0. The first-order chi connectivity index (χ1) is 14.0. The smallest absolute Gasteiger partial charge is 0.338 e. The van der Waals surface area contributed by atoms with Crippen molar-refractivity contribution in [2.24, 2.45) is 5.92 Å². The molecule has 0 aliphatic heterocycles. The third-order valence-corrected chi connectivity index (χ3v) is 4.85. The van der Waals surface area contributed by atoms with E-state index in [1.807, 2.05) is 49.4 Å². The first-order valence-electron chi connectivity index (χ1n) is 9.82. The monoisotopic (exact) mass is 396 g/mol. The summed E-state index contributed by atoms with van der Waals surface area (Å²) in [5, 5.41) is 0. The molecule has 1 unspecified atom stereocenters. The van der Waals surface area contributed by atoms with Gasteiger partial charge in [-0.3, -0.25) is 9.59 Å². The Balaban J connectivity index is 2.37. The number of unbranched alkanes of at least 4 members (excludes halogenated alkanes) is 1. The molecule has 0 aliphatic rings. The molecule has 29 heavy (non-hydrogen) atoms. The molecule has 0 heterocycles. The van der Waals surface area contributed by atoms with Gasteiger partial charge in [0.15, 0.2) is 5.78 Å². The predicted octanol–water partition coefficient (Wildman–Crippen LogP) is 4.27. The molecule has 0 aromatic heterocycles. The number of benzene rings is 2. The Morgan fingerprint density at radius 2 is 1.69 bits per heavy atom. The fourth-order valence-corrected chi connectivity index (χ4v) is 3.28. The number of hydrogen-bond acceptors (Lipinski definition) is 5. The zero-order valence-corrected chi connectivity index (χ0v) is 17.3. The molecule has 0 bridgehead atoms. The molecular weight excluding hydrogens is 368 g/mol. The van der Waals surface area contributed by atoms with Gasteiger partial charge in [0.1, 0.15) is 12.4 Å². The van der Waals surface area contributed by atoms with E-state index >= 15 is 0 Å². The largest absolute Gasteiger partial charge is 0.465 e. The Bertz CT molecular complexity index is 842. The van der Waals surface area contributed by atoms with E-state index in [9.17, 15) is 14.4 Å². The Kier molecular flexibility index (Phi) is 8.74. The molecule has 0 saturated heterocycles. The zero-order valence-electron chi connectivity index (χ0n) is 17.3. The molecule has 5 heteroatoms. The van der Waals surface area contributed by atoms with Crippen molar-refractivity contribution in [3.63, 3.8) is 0 Å². The van der Waals surface area contributed by atoms with E-state index in [4.69, 9.17) is 9.47 Å². The highest BCUT2D eigenvalue weighted by Crippen LogP contribution is 2.27. The average Bonchev–Trinajstić information content (AvgIpc) is 2.75. The molecule has 0 aliphatic carbocycles. The Hall–Kier alpha value is -2.79. The molecule has 1 atom stereocenters. The SMILES string of the molecule is CCCCC(=O)C(Cc1ccc(-c2ccccc2)c(C(=O)OC)c1)C(=O)COC. The third kappa shape index (κ3) is 6.09. The van der Waals surface area contributed by atoms with Crippen molar-refractivity contribution < 1.29 is 23.9 Å². The van der Waals surface area contributed by atoms with E-state index in [1.54, 1.807) is 6.07 Å². The van der Waals surface area contributed by atoms with Crippen LogP contribution in [0.5, 0.6) is 0 Å². The van der Waals surface area contributed by atoms with Crippen LogP contribution in [0.2, 0.25) is 0 Å². The van der Waals surface area contributed by atoms with Gasteiger partial charge in [-0.05, 0) is 35.6 Å². The van der Waals surface area contributed by atoms with Crippen LogP contribution in [0.4, 0.5) is 0 Å². The van der Waals surface area contributed by atoms with Crippen LogP contribution in [0.1, 0.15) is 42.1 Å². The van der Waals surface area contributed by atoms with Gasteiger partial charge in [0.2, 0.25) is 0 Å². The molecule has 0 spiro atoms. The first kappa shape index (κ1) is 22.5. The van der Waals surface area contributed by atoms with Crippen LogP contribution < -0.4 is 0 Å². The maximum Gasteiger partial charge on any atom is 0.338 e. The number of carbonyl (C=O) groups is 3. The summed E-state index contributed by atoms with van der Waals surface area (Å²) in [7, 11) is 2.78. The minimum atomic E-state index is -0.769. The third-order valence-electron chi connectivity index (χ3n) is 4.85. The van der Waals surface area contributed by atoms with E-state index in [0.717, 1.165) is 29.5 Å². The topological polar surface area (TPSA) is 69.7 Å². The number of Topliss-reactive ketones (excluding diaryl/α,β-unsaturated/α-hetero) is 2. The lowest BCUT2D eigenvalue weighted by molar-refractivity contribution is -0.135. The molecule has 2 rings (SSSR count). The summed E-state index contributed by atoms with van der Waals surface area (Å²) in [5.74, 6) is -1.54. The number of carbonyl (C=O) groups excluding carboxylic acids is 3. The van der Waals surface area contributed by atoms with Gasteiger partial charge in [-0.2, -0.15) is 0 Å². The van der Waals surface area contributed by atoms with Crippen LogP contribution in [0.25, 0.3) is 11.1 Å². The quantitative estimate of drug-likeness (QED) is 0.419. The second-order valence-electron chi connectivity index (χ2n) is 6.96. The maximum absolute atomic E-state index is 12.6. The van der Waals surface area contributed by atoms with Gasteiger partial charge in [-0.15, -0.1) is 0 Å². The highest BCUT2D eigenvalue weighted by molar-refractivity contribution is 6.03. The lowest BCUT2D eigenvalue weighted by Crippen LogP contribution is -2.29. The second kappa shape index (κ2) is 11.3. The molecule has 0 amide bonds. The normalized spacial score (nSPS) is 11.7. The van der Waals surface area contributed by atoms with E-state index in [1.165, 1.54) is 14.2 Å². The van der Waals surface area contributed by atoms with Gasteiger partial charge in [-0.25, -0.2) is 4.79 Å². The lowest BCUT2D eigenvalue weighted by Gasteiger charge is -2.16. The number of esters is 1. The fourth-order valence-electron chi connectivity index (χ4n) is 3.28. The number of ketones is 2. The van der Waals surface area contributed by atoms with Crippen LogP contribution >= 0.6 is 0 Å². The highest BCUT2D eigenvalue weighted by atomic mass is 16.5. The highest BCUT2D eigenvalue weighted by Gasteiger charge is 2.26. The van der Waals surface area contributed by atoms with Crippen LogP contribution in [0, 0.1) is 5.92 Å². The first-order valence-corrected chi connectivity index (χ1v) is 9.82. The summed E-state index contributed by atoms with van der Waals surface area (Å²) < 4.78 is 9.91. The van der Waals surface area contributed by atoms with Gasteiger partial charge < -0.3 is 9.47 Å². The van der Waals surface area contributed by atoms with Gasteiger partial charge in [0.05, 0.1) is 18.6 Å². The van der Waals surface area contributed by atoms with Crippen LogP contribution in [0.3, 0.4) is 0 Å². The number of methoxy groups -OCH3 is 2. The Morgan fingerprint density at radius 3 is 2.31 bits per heavy atom. The van der Waals surface area contributed by atoms with Crippen molar-refractivity contribution in [2.45, 2.75) is 32.6 Å². The molecule has 154 valence electrons. The van der Waals surface area contributed by atoms with E-state index < -0.39 is 11.9 Å². The fraction of sp³-hybridized carbons (Fsp3) is 0.375. The van der Waals surface area contributed by atoms with Crippen molar-refractivity contribution in [2.75, 3.05) is 20.8 Å². The minimum Gasteiger partial charge on any atom is -0.465 e. The summed E-state index contributed by atoms with van der Waals surface area (Å²) in [4.78, 5) is 37.5. The minimum absolute atomic E-state index is 0.0827. The van der Waals surface area contributed by atoms with E-state index in [0.29, 0.717) is 12.0 Å². The summed E-state index contributed by atoms with van der Waals surface area (Å²) in [6, 6.07) is 15.0. The zero-order chi connectivity index (χ0) is 21.2. The molecule has 0 fully saturated rings. The molecular formula is C24H28O5. The lowest BCUT2D eigenvalue weighted by atomic mass is 9.87. The van der Waals surface area contributed by atoms with Crippen LogP contribution in [0.15, 0.2) is 48.5 Å². The van der Waals surface area contributed by atoms with Crippen LogP contribution in [-0.2, 0) is 25.5 Å². The van der Waals surface area contributed by atoms with Crippen molar-refractivity contribution >= 4 is 17.5 Å². The van der Waals surface area contributed by atoms with Crippen LogP contribution in [-0.4, -0.2) is 38.4 Å². The van der Waals surface area contributed by atoms with Gasteiger partial charge in [0.25, 0.3) is 0 Å². The molecule has 2 aromatic rings. The van der Waals surface area contributed by atoms with E-state index in [-0.39, 0.29) is 24.6 Å². The van der Waals surface area contributed by atoms with Gasteiger partial charge >= 0.3 is 5.97 Å². The molecule has 2 aromatic carbocycles. The predicted molar refractivity (Wildman–Crippen MR) is 112 cm³/mol.